The van der Waals surface area contributed by atoms with Gasteiger partial charge in [0.05, 0.1) is 12.3 Å². The molecule has 0 fully saturated rings. The normalized spacial score (nSPS) is 14.4. The fraction of sp³-hybridized carbons (Fsp3) is 0.533. The van der Waals surface area contributed by atoms with E-state index < -0.39 is 17.7 Å². The Balaban J connectivity index is 2.83. The summed E-state index contributed by atoms with van der Waals surface area (Å²) in [7, 11) is 0. The monoisotopic (exact) mass is 281 g/mol. The number of furan rings is 1. The highest BCUT2D eigenvalue weighted by Gasteiger charge is 2.28. The number of amides is 1. The molecule has 112 valence electrons. The number of aliphatic hydroxyl groups is 1. The standard InChI is InChI=1S/C15H23NO4/c1-5-7-11(10-17)13(12-8-6-9-19-12)16-14(18)20-15(2,3)4/h5-6,8-9,11,13,17H,1,7,10H2,2-4H3,(H,16,18)/t11-,13+/m0/s1. The third-order valence-electron chi connectivity index (χ3n) is 2.70. The van der Waals surface area contributed by atoms with Gasteiger partial charge in [-0.25, -0.2) is 4.79 Å². The van der Waals surface area contributed by atoms with E-state index >= 15 is 0 Å². The van der Waals surface area contributed by atoms with E-state index in [1.54, 1.807) is 39.0 Å². The minimum Gasteiger partial charge on any atom is -0.467 e. The van der Waals surface area contributed by atoms with Gasteiger partial charge in [0.1, 0.15) is 11.4 Å². The zero-order chi connectivity index (χ0) is 15.2. The number of hydrogen-bond donors (Lipinski definition) is 2. The van der Waals surface area contributed by atoms with Crippen molar-refractivity contribution in [1.82, 2.24) is 5.32 Å². The highest BCUT2D eigenvalue weighted by atomic mass is 16.6. The molecule has 0 spiro atoms. The molecule has 2 atom stereocenters. The van der Waals surface area contributed by atoms with Gasteiger partial charge in [-0.15, -0.1) is 6.58 Å². The summed E-state index contributed by atoms with van der Waals surface area (Å²) in [6, 6.07) is 3.04. The second kappa shape index (κ2) is 7.14. The van der Waals surface area contributed by atoms with E-state index in [1.165, 1.54) is 6.26 Å². The van der Waals surface area contributed by atoms with Gasteiger partial charge in [0.2, 0.25) is 0 Å². The Morgan fingerprint density at radius 3 is 2.75 bits per heavy atom. The van der Waals surface area contributed by atoms with Gasteiger partial charge in [-0.05, 0) is 39.3 Å². The minimum atomic E-state index is -0.578. The largest absolute Gasteiger partial charge is 0.467 e. The van der Waals surface area contributed by atoms with Crippen LogP contribution in [0.15, 0.2) is 35.5 Å². The molecule has 5 heteroatoms. The molecule has 1 aromatic heterocycles. The Hall–Kier alpha value is -1.75. The number of carbonyl (C=O) groups excluding carboxylic acids is 1. The van der Waals surface area contributed by atoms with Gasteiger partial charge in [-0.1, -0.05) is 6.08 Å². The average Bonchev–Trinajstić information content (AvgIpc) is 2.84. The summed E-state index contributed by atoms with van der Waals surface area (Å²) in [5.74, 6) is 0.364. The number of nitrogens with one attached hydrogen (secondary N) is 1. The molecule has 1 rings (SSSR count). The number of hydrogen-bond acceptors (Lipinski definition) is 4. The molecule has 0 radical (unpaired) electrons. The second-order valence-electron chi connectivity index (χ2n) is 5.61. The van der Waals surface area contributed by atoms with Crippen molar-refractivity contribution in [2.45, 2.75) is 38.8 Å². The number of alkyl carbamates (subject to hydrolysis) is 1. The van der Waals surface area contributed by atoms with Crippen LogP contribution < -0.4 is 5.32 Å². The first kappa shape index (κ1) is 16.3. The van der Waals surface area contributed by atoms with Crippen LogP contribution in [0.3, 0.4) is 0 Å². The molecule has 1 amide bonds. The highest BCUT2D eigenvalue weighted by molar-refractivity contribution is 5.68. The van der Waals surface area contributed by atoms with E-state index in [4.69, 9.17) is 9.15 Å². The molecule has 5 nitrogen and oxygen atoms in total. The van der Waals surface area contributed by atoms with Crippen molar-refractivity contribution < 1.29 is 19.1 Å². The Morgan fingerprint density at radius 2 is 2.30 bits per heavy atom. The Labute approximate surface area is 119 Å². The molecule has 1 heterocycles. The van der Waals surface area contributed by atoms with E-state index in [2.05, 4.69) is 11.9 Å². The number of rotatable bonds is 6. The topological polar surface area (TPSA) is 71.7 Å². The first-order valence-electron chi connectivity index (χ1n) is 6.62. The van der Waals surface area contributed by atoms with Crippen molar-refractivity contribution >= 4 is 6.09 Å². The molecule has 0 aliphatic heterocycles. The zero-order valence-electron chi connectivity index (χ0n) is 12.3. The van der Waals surface area contributed by atoms with Crippen LogP contribution in [-0.2, 0) is 4.74 Å². The highest BCUT2D eigenvalue weighted by Crippen LogP contribution is 2.26. The fourth-order valence-electron chi connectivity index (χ4n) is 1.85. The van der Waals surface area contributed by atoms with Gasteiger partial charge >= 0.3 is 6.09 Å². The molecule has 0 unspecified atom stereocenters. The average molecular weight is 281 g/mol. The SMILES string of the molecule is C=CC[C@@H](CO)[C@@H](NC(=O)OC(C)(C)C)c1ccco1. The van der Waals surface area contributed by atoms with Crippen molar-refractivity contribution in [2.24, 2.45) is 5.92 Å². The lowest BCUT2D eigenvalue weighted by Gasteiger charge is -2.26. The molecule has 0 aliphatic carbocycles. The molecule has 1 aromatic rings. The maximum absolute atomic E-state index is 11.9. The van der Waals surface area contributed by atoms with Crippen LogP contribution in [-0.4, -0.2) is 23.4 Å². The van der Waals surface area contributed by atoms with E-state index in [0.29, 0.717) is 12.2 Å². The molecule has 2 N–H and O–H groups in total. The van der Waals surface area contributed by atoms with Crippen LogP contribution in [0.25, 0.3) is 0 Å². The van der Waals surface area contributed by atoms with E-state index in [9.17, 15) is 9.90 Å². The number of allylic oxidation sites excluding steroid dienone is 1. The first-order valence-corrected chi connectivity index (χ1v) is 6.62. The Bertz CT molecular complexity index is 420. The van der Waals surface area contributed by atoms with Gasteiger partial charge < -0.3 is 19.6 Å². The molecule has 0 aliphatic rings. The van der Waals surface area contributed by atoms with Crippen LogP contribution in [0, 0.1) is 5.92 Å². The molecule has 0 saturated heterocycles. The molecule has 20 heavy (non-hydrogen) atoms. The van der Waals surface area contributed by atoms with Gasteiger partial charge in [-0.3, -0.25) is 0 Å². The lowest BCUT2D eigenvalue weighted by Crippen LogP contribution is -2.38. The van der Waals surface area contributed by atoms with Crippen LogP contribution >= 0.6 is 0 Å². The van der Waals surface area contributed by atoms with Crippen molar-refractivity contribution in [3.8, 4) is 0 Å². The summed E-state index contributed by atoms with van der Waals surface area (Å²) in [5.41, 5.74) is -0.578. The van der Waals surface area contributed by atoms with E-state index in [-0.39, 0.29) is 12.5 Å². The van der Waals surface area contributed by atoms with Crippen LogP contribution in [0.5, 0.6) is 0 Å². The van der Waals surface area contributed by atoms with Crippen molar-refractivity contribution in [3.63, 3.8) is 0 Å². The van der Waals surface area contributed by atoms with Gasteiger partial charge in [-0.2, -0.15) is 0 Å². The molecule has 0 bridgehead atoms. The van der Waals surface area contributed by atoms with E-state index in [0.717, 1.165) is 0 Å². The van der Waals surface area contributed by atoms with Gasteiger partial charge in [0.15, 0.2) is 0 Å². The van der Waals surface area contributed by atoms with Crippen LogP contribution in [0.1, 0.15) is 39.0 Å². The van der Waals surface area contributed by atoms with E-state index in [1.807, 2.05) is 0 Å². The fourth-order valence-corrected chi connectivity index (χ4v) is 1.85. The number of carbonyl (C=O) groups is 1. The molecular weight excluding hydrogens is 258 g/mol. The summed E-state index contributed by atoms with van der Waals surface area (Å²) >= 11 is 0. The number of ether oxygens (including phenoxy) is 1. The van der Waals surface area contributed by atoms with Crippen molar-refractivity contribution in [2.75, 3.05) is 6.61 Å². The van der Waals surface area contributed by atoms with Crippen LogP contribution in [0.4, 0.5) is 4.79 Å². The summed E-state index contributed by atoms with van der Waals surface area (Å²) in [5, 5.41) is 12.2. The smallest absolute Gasteiger partial charge is 0.408 e. The van der Waals surface area contributed by atoms with Crippen molar-refractivity contribution in [1.29, 1.82) is 0 Å². The summed E-state index contributed by atoms with van der Waals surface area (Å²) in [6.45, 7) is 8.96. The molecular formula is C15H23NO4. The third-order valence-corrected chi connectivity index (χ3v) is 2.70. The summed E-state index contributed by atoms with van der Waals surface area (Å²) < 4.78 is 10.6. The Kier molecular flexibility index (Phi) is 5.82. The maximum atomic E-state index is 11.9. The van der Waals surface area contributed by atoms with Crippen LogP contribution in [0.2, 0.25) is 0 Å². The second-order valence-corrected chi connectivity index (χ2v) is 5.61. The number of aliphatic hydroxyl groups excluding tert-OH is 1. The summed E-state index contributed by atoms with van der Waals surface area (Å²) in [6.07, 6.45) is 3.24. The molecule has 0 aromatic carbocycles. The van der Waals surface area contributed by atoms with Gasteiger partial charge in [0, 0.05) is 12.5 Å². The van der Waals surface area contributed by atoms with Crippen molar-refractivity contribution in [3.05, 3.63) is 36.8 Å². The lowest BCUT2D eigenvalue weighted by molar-refractivity contribution is 0.0458. The summed E-state index contributed by atoms with van der Waals surface area (Å²) in [4.78, 5) is 11.9. The predicted octanol–water partition coefficient (Wildman–Crippen LogP) is 3.03. The maximum Gasteiger partial charge on any atom is 0.408 e. The minimum absolute atomic E-state index is 0.0901. The molecule has 0 saturated carbocycles. The predicted molar refractivity (Wildman–Crippen MR) is 76.2 cm³/mol. The lowest BCUT2D eigenvalue weighted by atomic mass is 9.95. The zero-order valence-corrected chi connectivity index (χ0v) is 12.3. The Morgan fingerprint density at radius 1 is 1.60 bits per heavy atom. The third kappa shape index (κ3) is 5.09. The quantitative estimate of drug-likeness (QED) is 0.786. The van der Waals surface area contributed by atoms with Gasteiger partial charge in [0.25, 0.3) is 0 Å². The first-order chi connectivity index (χ1) is 9.37.